The minimum atomic E-state index is -0.211. The topological polar surface area (TPSA) is 52.3 Å². The summed E-state index contributed by atoms with van der Waals surface area (Å²) in [7, 11) is 0. The molecule has 3 nitrogen and oxygen atoms in total. The van der Waals surface area contributed by atoms with Crippen LogP contribution in [0.5, 0.6) is 0 Å². The van der Waals surface area contributed by atoms with Gasteiger partial charge in [0.1, 0.15) is 0 Å². The minimum absolute atomic E-state index is 0.126. The first-order chi connectivity index (χ1) is 4.59. The molecule has 0 spiro atoms. The molecule has 0 aliphatic rings. The lowest BCUT2D eigenvalue weighted by Crippen LogP contribution is -2.31. The lowest BCUT2D eigenvalue weighted by molar-refractivity contribution is -0.147. The minimum Gasteiger partial charge on any atom is -0.466 e. The molecular weight excluding hydrogens is 130 g/mol. The molecule has 0 aromatic rings. The van der Waals surface area contributed by atoms with Crippen molar-refractivity contribution >= 4 is 5.97 Å². The molecule has 0 amide bonds. The Bertz CT molecular complexity index is 112. The fraction of sp³-hybridized carbons (Fsp3) is 0.857. The highest BCUT2D eigenvalue weighted by Crippen LogP contribution is 2.01. The molecule has 0 radical (unpaired) electrons. The van der Waals surface area contributed by atoms with Gasteiger partial charge in [-0.2, -0.15) is 0 Å². The fourth-order valence-corrected chi connectivity index (χ4v) is 0.488. The summed E-state index contributed by atoms with van der Waals surface area (Å²) < 4.78 is 4.75. The van der Waals surface area contributed by atoms with Crippen molar-refractivity contribution in [1.29, 1.82) is 0 Å². The summed E-state index contributed by atoms with van der Waals surface area (Å²) >= 11 is 0. The highest BCUT2D eigenvalue weighted by Gasteiger charge is 2.17. The monoisotopic (exact) mass is 145 g/mol. The van der Waals surface area contributed by atoms with E-state index in [-0.39, 0.29) is 17.9 Å². The molecule has 2 N–H and O–H groups in total. The largest absolute Gasteiger partial charge is 0.466 e. The number of esters is 1. The Hall–Kier alpha value is -0.570. The van der Waals surface area contributed by atoms with Crippen molar-refractivity contribution in [3.8, 4) is 0 Å². The van der Waals surface area contributed by atoms with Crippen LogP contribution in [-0.4, -0.2) is 18.6 Å². The van der Waals surface area contributed by atoms with E-state index in [1.165, 1.54) is 0 Å². The summed E-state index contributed by atoms with van der Waals surface area (Å²) in [6.45, 7) is 5.77. The van der Waals surface area contributed by atoms with E-state index in [0.29, 0.717) is 6.61 Å². The van der Waals surface area contributed by atoms with Crippen molar-refractivity contribution in [2.45, 2.75) is 26.8 Å². The first-order valence-electron chi connectivity index (χ1n) is 3.51. The van der Waals surface area contributed by atoms with Crippen molar-refractivity contribution in [1.82, 2.24) is 0 Å². The van der Waals surface area contributed by atoms with Gasteiger partial charge in [0.15, 0.2) is 0 Å². The summed E-state index contributed by atoms with van der Waals surface area (Å²) in [5.74, 6) is -0.405. The number of hydrogen-bond donors (Lipinski definition) is 1. The Morgan fingerprint density at radius 1 is 1.60 bits per heavy atom. The number of carbonyl (C=O) groups is 1. The molecule has 0 bridgehead atoms. The lowest BCUT2D eigenvalue weighted by Gasteiger charge is -2.12. The zero-order valence-electron chi connectivity index (χ0n) is 6.76. The highest BCUT2D eigenvalue weighted by molar-refractivity contribution is 5.72. The predicted molar refractivity (Wildman–Crippen MR) is 39.4 cm³/mol. The maximum atomic E-state index is 10.9. The van der Waals surface area contributed by atoms with E-state index in [1.807, 2.05) is 0 Å². The van der Waals surface area contributed by atoms with E-state index < -0.39 is 0 Å². The van der Waals surface area contributed by atoms with Crippen LogP contribution in [0.1, 0.15) is 20.8 Å². The molecule has 0 unspecified atom stereocenters. The number of hydrogen-bond acceptors (Lipinski definition) is 3. The molecule has 10 heavy (non-hydrogen) atoms. The van der Waals surface area contributed by atoms with Crippen molar-refractivity contribution in [3.05, 3.63) is 0 Å². The molecule has 0 aromatic carbocycles. The third kappa shape index (κ3) is 2.82. The van der Waals surface area contributed by atoms with Crippen LogP contribution in [0.15, 0.2) is 0 Å². The van der Waals surface area contributed by atoms with E-state index in [1.54, 1.807) is 20.8 Å². The molecule has 3 heteroatoms. The van der Waals surface area contributed by atoms with Gasteiger partial charge in [-0.3, -0.25) is 4.79 Å². The average Bonchev–Trinajstić information content (AvgIpc) is 1.87. The van der Waals surface area contributed by atoms with Crippen molar-refractivity contribution in [2.24, 2.45) is 11.7 Å². The Labute approximate surface area is 61.5 Å². The fourth-order valence-electron chi connectivity index (χ4n) is 0.488. The van der Waals surface area contributed by atoms with Crippen LogP contribution in [0, 0.1) is 5.92 Å². The summed E-state index contributed by atoms with van der Waals surface area (Å²) in [5.41, 5.74) is 5.47. The van der Waals surface area contributed by atoms with Crippen LogP contribution in [0.2, 0.25) is 0 Å². The first kappa shape index (κ1) is 9.43. The van der Waals surface area contributed by atoms with E-state index in [9.17, 15) is 4.79 Å². The highest BCUT2D eigenvalue weighted by atomic mass is 16.5. The second-order valence-corrected chi connectivity index (χ2v) is 2.40. The average molecular weight is 145 g/mol. The lowest BCUT2D eigenvalue weighted by atomic mass is 10.1. The Morgan fingerprint density at radius 3 is 2.40 bits per heavy atom. The van der Waals surface area contributed by atoms with Crippen LogP contribution in [0.25, 0.3) is 0 Å². The Kier molecular flexibility index (Phi) is 4.03. The molecule has 60 valence electrons. The first-order valence-corrected chi connectivity index (χ1v) is 3.51. The number of nitrogens with two attached hydrogens (primary N) is 1. The van der Waals surface area contributed by atoms with Crippen LogP contribution in [-0.2, 0) is 9.53 Å². The molecule has 0 aliphatic heterocycles. The van der Waals surface area contributed by atoms with Crippen LogP contribution in [0.4, 0.5) is 0 Å². The van der Waals surface area contributed by atoms with Crippen LogP contribution < -0.4 is 5.73 Å². The van der Waals surface area contributed by atoms with Crippen LogP contribution in [0.3, 0.4) is 0 Å². The molecule has 0 rings (SSSR count). The van der Waals surface area contributed by atoms with E-state index in [2.05, 4.69) is 0 Å². The van der Waals surface area contributed by atoms with Gasteiger partial charge in [0.2, 0.25) is 0 Å². The molecule has 0 fully saturated rings. The molecule has 2 atom stereocenters. The molecule has 0 saturated heterocycles. The van der Waals surface area contributed by atoms with Gasteiger partial charge in [0.25, 0.3) is 0 Å². The maximum absolute atomic E-state index is 10.9. The quantitative estimate of drug-likeness (QED) is 0.589. The summed E-state index contributed by atoms with van der Waals surface area (Å²) in [6.07, 6.45) is 0. The van der Waals surface area contributed by atoms with Gasteiger partial charge in [-0.15, -0.1) is 0 Å². The van der Waals surface area contributed by atoms with Gasteiger partial charge >= 0.3 is 5.97 Å². The van der Waals surface area contributed by atoms with Crippen molar-refractivity contribution in [2.75, 3.05) is 6.61 Å². The zero-order valence-corrected chi connectivity index (χ0v) is 6.76. The van der Waals surface area contributed by atoms with Gasteiger partial charge in [-0.05, 0) is 13.8 Å². The number of rotatable bonds is 3. The van der Waals surface area contributed by atoms with Crippen molar-refractivity contribution < 1.29 is 9.53 Å². The predicted octanol–water partition coefficient (Wildman–Crippen LogP) is 0.533. The van der Waals surface area contributed by atoms with Gasteiger partial charge in [0.05, 0.1) is 12.5 Å². The maximum Gasteiger partial charge on any atom is 0.310 e. The summed E-state index contributed by atoms with van der Waals surface area (Å²) in [4.78, 5) is 10.9. The van der Waals surface area contributed by atoms with Crippen molar-refractivity contribution in [3.63, 3.8) is 0 Å². The number of ether oxygens (including phenoxy) is 1. The van der Waals surface area contributed by atoms with Gasteiger partial charge in [-0.1, -0.05) is 6.92 Å². The molecular formula is C7H15NO2. The smallest absolute Gasteiger partial charge is 0.310 e. The van der Waals surface area contributed by atoms with Gasteiger partial charge < -0.3 is 10.5 Å². The van der Waals surface area contributed by atoms with Gasteiger partial charge in [-0.25, -0.2) is 0 Å². The zero-order chi connectivity index (χ0) is 8.15. The second-order valence-electron chi connectivity index (χ2n) is 2.40. The molecule has 0 saturated carbocycles. The third-order valence-electron chi connectivity index (χ3n) is 1.45. The normalized spacial score (nSPS) is 16.0. The van der Waals surface area contributed by atoms with E-state index in [0.717, 1.165) is 0 Å². The van der Waals surface area contributed by atoms with Crippen LogP contribution >= 0.6 is 0 Å². The molecule has 0 aromatic heterocycles. The Morgan fingerprint density at radius 2 is 2.10 bits per heavy atom. The summed E-state index contributed by atoms with van der Waals surface area (Å²) in [5, 5.41) is 0. The van der Waals surface area contributed by atoms with E-state index >= 15 is 0 Å². The number of carbonyl (C=O) groups excluding carboxylic acids is 1. The summed E-state index contributed by atoms with van der Waals surface area (Å²) in [6, 6.07) is -0.126. The molecule has 0 aliphatic carbocycles. The van der Waals surface area contributed by atoms with Gasteiger partial charge in [0, 0.05) is 6.04 Å². The van der Waals surface area contributed by atoms with E-state index in [4.69, 9.17) is 10.5 Å². The Balaban J connectivity index is 3.71. The second kappa shape index (κ2) is 4.28. The standard InChI is InChI=1S/C7H15NO2/c1-4-10-7(9)5(2)6(3)8/h5-6H,4,8H2,1-3H3/t5-,6+/m0/s1. The third-order valence-corrected chi connectivity index (χ3v) is 1.45. The SMILES string of the molecule is CCOC(=O)[C@@H](C)[C@@H](C)N. The molecule has 0 heterocycles.